The van der Waals surface area contributed by atoms with Crippen molar-refractivity contribution in [3.63, 3.8) is 0 Å². The van der Waals surface area contributed by atoms with Crippen LogP contribution in [-0.2, 0) is 19.5 Å². The number of rotatable bonds is 1. The van der Waals surface area contributed by atoms with Crippen molar-refractivity contribution in [2.24, 2.45) is 5.73 Å². The summed E-state index contributed by atoms with van der Waals surface area (Å²) in [5, 5.41) is 0. The number of aryl methyl sites for hydroxylation is 2. The molecule has 0 aromatic carbocycles. The second-order valence-corrected chi connectivity index (χ2v) is 3.02. The SMILES string of the molecule is Cc1nc2n(c1CN)CCC2. The first-order valence-electron chi connectivity index (χ1n) is 4.08. The molecule has 1 aromatic heterocycles. The second-order valence-electron chi connectivity index (χ2n) is 3.02. The van der Waals surface area contributed by atoms with E-state index in [4.69, 9.17) is 5.73 Å². The molecule has 2 rings (SSSR count). The van der Waals surface area contributed by atoms with Crippen LogP contribution in [0.4, 0.5) is 0 Å². The van der Waals surface area contributed by atoms with E-state index in [0.717, 1.165) is 18.7 Å². The predicted molar refractivity (Wildman–Crippen MR) is 43.2 cm³/mol. The summed E-state index contributed by atoms with van der Waals surface area (Å²) in [6, 6.07) is 0. The molecule has 1 aromatic rings. The predicted octanol–water partition coefficient (Wildman–Crippen LogP) is 0.596. The van der Waals surface area contributed by atoms with E-state index in [1.165, 1.54) is 17.9 Å². The van der Waals surface area contributed by atoms with Gasteiger partial charge in [0.2, 0.25) is 0 Å². The average Bonchev–Trinajstić information content (AvgIpc) is 2.46. The van der Waals surface area contributed by atoms with Gasteiger partial charge >= 0.3 is 0 Å². The molecular formula is C8H13N3. The minimum absolute atomic E-state index is 0.624. The van der Waals surface area contributed by atoms with Gasteiger partial charge in [0.05, 0.1) is 11.4 Å². The van der Waals surface area contributed by atoms with Crippen molar-refractivity contribution in [3.8, 4) is 0 Å². The Balaban J connectivity index is 2.52. The quantitative estimate of drug-likeness (QED) is 0.638. The maximum atomic E-state index is 5.61. The molecule has 0 bridgehead atoms. The number of imidazole rings is 1. The zero-order valence-electron chi connectivity index (χ0n) is 6.80. The van der Waals surface area contributed by atoms with Gasteiger partial charge in [0, 0.05) is 19.5 Å². The summed E-state index contributed by atoms with van der Waals surface area (Å²) in [7, 11) is 0. The maximum Gasteiger partial charge on any atom is 0.109 e. The van der Waals surface area contributed by atoms with Gasteiger partial charge in [-0.05, 0) is 13.3 Å². The van der Waals surface area contributed by atoms with Gasteiger partial charge in [0.1, 0.15) is 5.82 Å². The van der Waals surface area contributed by atoms with Crippen LogP contribution >= 0.6 is 0 Å². The molecule has 11 heavy (non-hydrogen) atoms. The Labute approximate surface area is 66.2 Å². The van der Waals surface area contributed by atoms with Gasteiger partial charge in [-0.3, -0.25) is 0 Å². The van der Waals surface area contributed by atoms with Crippen molar-refractivity contribution < 1.29 is 0 Å². The molecule has 2 heterocycles. The van der Waals surface area contributed by atoms with E-state index in [1.807, 2.05) is 6.92 Å². The Kier molecular flexibility index (Phi) is 1.46. The Morgan fingerprint density at radius 2 is 2.45 bits per heavy atom. The summed E-state index contributed by atoms with van der Waals surface area (Å²) < 4.78 is 2.26. The summed E-state index contributed by atoms with van der Waals surface area (Å²) in [4.78, 5) is 4.44. The fourth-order valence-corrected chi connectivity index (χ4v) is 1.78. The lowest BCUT2D eigenvalue weighted by Gasteiger charge is -2.01. The summed E-state index contributed by atoms with van der Waals surface area (Å²) in [6.45, 7) is 3.77. The largest absolute Gasteiger partial charge is 0.331 e. The van der Waals surface area contributed by atoms with Crippen LogP contribution in [0.15, 0.2) is 0 Å². The first-order chi connectivity index (χ1) is 5.33. The molecule has 0 unspecified atom stereocenters. The highest BCUT2D eigenvalue weighted by molar-refractivity contribution is 5.17. The van der Waals surface area contributed by atoms with Crippen LogP contribution in [0.5, 0.6) is 0 Å². The van der Waals surface area contributed by atoms with E-state index < -0.39 is 0 Å². The number of fused-ring (bicyclic) bond motifs is 1. The molecule has 0 fully saturated rings. The third-order valence-corrected chi connectivity index (χ3v) is 2.33. The van der Waals surface area contributed by atoms with Crippen molar-refractivity contribution in [1.82, 2.24) is 9.55 Å². The van der Waals surface area contributed by atoms with Gasteiger partial charge in [-0.2, -0.15) is 0 Å². The second kappa shape index (κ2) is 2.34. The fourth-order valence-electron chi connectivity index (χ4n) is 1.78. The van der Waals surface area contributed by atoms with E-state index in [0.29, 0.717) is 6.54 Å². The van der Waals surface area contributed by atoms with Crippen molar-refractivity contribution in [1.29, 1.82) is 0 Å². The van der Waals surface area contributed by atoms with Crippen LogP contribution < -0.4 is 5.73 Å². The minimum atomic E-state index is 0.624. The maximum absolute atomic E-state index is 5.61. The molecule has 0 amide bonds. The highest BCUT2D eigenvalue weighted by Gasteiger charge is 2.16. The number of hydrogen-bond donors (Lipinski definition) is 1. The third-order valence-electron chi connectivity index (χ3n) is 2.33. The molecule has 0 radical (unpaired) electrons. The normalized spacial score (nSPS) is 15.5. The molecule has 3 heteroatoms. The number of nitrogens with zero attached hydrogens (tertiary/aromatic N) is 2. The standard InChI is InChI=1S/C8H13N3/c1-6-7(5-9)11-4-2-3-8(11)10-6/h2-5,9H2,1H3. The lowest BCUT2D eigenvalue weighted by atomic mass is 10.3. The van der Waals surface area contributed by atoms with E-state index in [1.54, 1.807) is 0 Å². The summed E-state index contributed by atoms with van der Waals surface area (Å²) in [5.74, 6) is 1.22. The minimum Gasteiger partial charge on any atom is -0.331 e. The van der Waals surface area contributed by atoms with Gasteiger partial charge < -0.3 is 10.3 Å². The highest BCUT2D eigenvalue weighted by Crippen LogP contribution is 2.18. The van der Waals surface area contributed by atoms with Gasteiger partial charge in [0.15, 0.2) is 0 Å². The van der Waals surface area contributed by atoms with Crippen LogP contribution in [-0.4, -0.2) is 9.55 Å². The van der Waals surface area contributed by atoms with Crippen molar-refractivity contribution >= 4 is 0 Å². The molecule has 0 aliphatic carbocycles. The molecule has 1 aliphatic heterocycles. The molecule has 60 valence electrons. The van der Waals surface area contributed by atoms with Gasteiger partial charge in [0.25, 0.3) is 0 Å². The van der Waals surface area contributed by atoms with Crippen LogP contribution in [0.3, 0.4) is 0 Å². The molecule has 0 saturated heterocycles. The van der Waals surface area contributed by atoms with Gasteiger partial charge in [-0.1, -0.05) is 0 Å². The van der Waals surface area contributed by atoms with Gasteiger partial charge in [-0.15, -0.1) is 0 Å². The fraction of sp³-hybridized carbons (Fsp3) is 0.625. The average molecular weight is 151 g/mol. The summed E-state index contributed by atoms with van der Waals surface area (Å²) in [5.41, 5.74) is 7.94. The number of nitrogens with two attached hydrogens (primary N) is 1. The van der Waals surface area contributed by atoms with Crippen LogP contribution in [0.1, 0.15) is 23.6 Å². The summed E-state index contributed by atoms with van der Waals surface area (Å²) >= 11 is 0. The lowest BCUT2D eigenvalue weighted by molar-refractivity contribution is 0.703. The Bertz CT molecular complexity index is 275. The van der Waals surface area contributed by atoms with Crippen LogP contribution in [0.25, 0.3) is 0 Å². The topological polar surface area (TPSA) is 43.8 Å². The molecular weight excluding hydrogens is 138 g/mol. The molecule has 2 N–H and O–H groups in total. The Hall–Kier alpha value is -0.830. The first-order valence-corrected chi connectivity index (χ1v) is 4.08. The lowest BCUT2D eigenvalue weighted by Crippen LogP contribution is -2.06. The molecule has 0 atom stereocenters. The number of hydrogen-bond acceptors (Lipinski definition) is 2. The van der Waals surface area contributed by atoms with Crippen molar-refractivity contribution in [3.05, 3.63) is 17.2 Å². The smallest absolute Gasteiger partial charge is 0.109 e. The third kappa shape index (κ3) is 0.878. The molecule has 0 spiro atoms. The van der Waals surface area contributed by atoms with Gasteiger partial charge in [-0.25, -0.2) is 4.98 Å². The van der Waals surface area contributed by atoms with E-state index in [9.17, 15) is 0 Å². The Morgan fingerprint density at radius 1 is 1.64 bits per heavy atom. The highest BCUT2D eigenvalue weighted by atomic mass is 15.1. The summed E-state index contributed by atoms with van der Waals surface area (Å²) in [6.07, 6.45) is 2.36. The van der Waals surface area contributed by atoms with Crippen molar-refractivity contribution in [2.75, 3.05) is 0 Å². The van der Waals surface area contributed by atoms with E-state index in [-0.39, 0.29) is 0 Å². The number of aromatic nitrogens is 2. The molecule has 1 aliphatic rings. The van der Waals surface area contributed by atoms with E-state index >= 15 is 0 Å². The molecule has 0 saturated carbocycles. The Morgan fingerprint density at radius 3 is 3.18 bits per heavy atom. The van der Waals surface area contributed by atoms with Crippen LogP contribution in [0.2, 0.25) is 0 Å². The molecule has 3 nitrogen and oxygen atoms in total. The zero-order valence-corrected chi connectivity index (χ0v) is 6.80. The van der Waals surface area contributed by atoms with E-state index in [2.05, 4.69) is 9.55 Å². The monoisotopic (exact) mass is 151 g/mol. The zero-order chi connectivity index (χ0) is 7.84. The first kappa shape index (κ1) is 6.85. The van der Waals surface area contributed by atoms with Crippen molar-refractivity contribution in [2.45, 2.75) is 32.9 Å². The van der Waals surface area contributed by atoms with Crippen LogP contribution in [0, 0.1) is 6.92 Å².